The summed E-state index contributed by atoms with van der Waals surface area (Å²) in [5, 5.41) is 3.46. The largest absolute Gasteiger partial charge is 0.366 e. The average Bonchev–Trinajstić information content (AvgIpc) is 2.47. The number of nitrogens with two attached hydrogens (primary N) is 1. The van der Waals surface area contributed by atoms with Gasteiger partial charge in [-0.25, -0.2) is 0 Å². The van der Waals surface area contributed by atoms with Crippen molar-refractivity contribution >= 4 is 29.1 Å². The molecule has 114 valence electrons. The summed E-state index contributed by atoms with van der Waals surface area (Å²) in [6.45, 7) is 1.97. The highest BCUT2D eigenvalue weighted by Gasteiger charge is 2.12. The Balaban J connectivity index is 1.96. The van der Waals surface area contributed by atoms with Gasteiger partial charge in [0.15, 0.2) is 0 Å². The van der Waals surface area contributed by atoms with Crippen molar-refractivity contribution in [1.29, 1.82) is 0 Å². The summed E-state index contributed by atoms with van der Waals surface area (Å²) in [7, 11) is 0. The van der Waals surface area contributed by atoms with Crippen molar-refractivity contribution in [1.82, 2.24) is 0 Å². The molecule has 0 saturated carbocycles. The molecule has 0 radical (unpaired) electrons. The third kappa shape index (κ3) is 4.33. The minimum absolute atomic E-state index is 0.0589. The summed E-state index contributed by atoms with van der Waals surface area (Å²) in [6, 6.07) is 14.0. The van der Waals surface area contributed by atoms with Gasteiger partial charge >= 0.3 is 0 Å². The fourth-order valence-electron chi connectivity index (χ4n) is 2.14. The van der Waals surface area contributed by atoms with E-state index < -0.39 is 5.91 Å². The molecule has 0 aliphatic heterocycles. The van der Waals surface area contributed by atoms with Gasteiger partial charge in [-0.2, -0.15) is 0 Å². The molecule has 0 aromatic heterocycles. The van der Waals surface area contributed by atoms with E-state index >= 15 is 0 Å². The summed E-state index contributed by atoms with van der Waals surface area (Å²) in [4.78, 5) is 23.1. The average molecular weight is 317 g/mol. The van der Waals surface area contributed by atoms with Crippen molar-refractivity contribution in [3.8, 4) is 0 Å². The zero-order valence-corrected chi connectivity index (χ0v) is 12.9. The normalized spacial score (nSPS) is 11.7. The highest BCUT2D eigenvalue weighted by molar-refractivity contribution is 6.30. The number of nitrogens with one attached hydrogen (secondary N) is 1. The van der Waals surface area contributed by atoms with Crippen LogP contribution < -0.4 is 11.1 Å². The Bertz CT molecular complexity index is 683. The molecule has 22 heavy (non-hydrogen) atoms. The molecule has 4 nitrogen and oxygen atoms in total. The zero-order chi connectivity index (χ0) is 16.1. The lowest BCUT2D eigenvalue weighted by molar-refractivity contribution is -0.116. The maximum atomic E-state index is 12.1. The second-order valence-electron chi connectivity index (χ2n) is 5.15. The fraction of sp³-hybridized carbons (Fsp3) is 0.176. The number of carbonyl (C=O) groups excluding carboxylic acids is 2. The summed E-state index contributed by atoms with van der Waals surface area (Å²) in [6.07, 6.45) is 0.345. The smallest absolute Gasteiger partial charge is 0.248 e. The molecule has 0 bridgehead atoms. The van der Waals surface area contributed by atoms with Gasteiger partial charge in [0.2, 0.25) is 11.8 Å². The molecule has 0 saturated heterocycles. The van der Waals surface area contributed by atoms with Gasteiger partial charge in [0.1, 0.15) is 0 Å². The van der Waals surface area contributed by atoms with Crippen molar-refractivity contribution in [3.63, 3.8) is 0 Å². The quantitative estimate of drug-likeness (QED) is 0.885. The number of hydrogen-bond donors (Lipinski definition) is 2. The first-order chi connectivity index (χ1) is 10.5. The van der Waals surface area contributed by atoms with Gasteiger partial charge in [-0.05, 0) is 47.9 Å². The van der Waals surface area contributed by atoms with Crippen LogP contribution in [0.5, 0.6) is 0 Å². The van der Waals surface area contributed by atoms with E-state index in [1.54, 1.807) is 30.3 Å². The van der Waals surface area contributed by atoms with E-state index in [0.717, 1.165) is 5.56 Å². The van der Waals surface area contributed by atoms with Crippen LogP contribution in [-0.4, -0.2) is 11.8 Å². The van der Waals surface area contributed by atoms with Gasteiger partial charge in [-0.3, -0.25) is 9.59 Å². The lowest BCUT2D eigenvalue weighted by Crippen LogP contribution is -2.15. The number of halogens is 1. The van der Waals surface area contributed by atoms with Gasteiger partial charge in [-0.1, -0.05) is 30.7 Å². The van der Waals surface area contributed by atoms with Gasteiger partial charge in [-0.15, -0.1) is 0 Å². The Kier molecular flexibility index (Phi) is 5.17. The Morgan fingerprint density at radius 2 is 1.86 bits per heavy atom. The number of rotatable bonds is 5. The summed E-state index contributed by atoms with van der Waals surface area (Å²) in [5.74, 6) is -0.532. The van der Waals surface area contributed by atoms with E-state index in [1.807, 2.05) is 25.1 Å². The summed E-state index contributed by atoms with van der Waals surface area (Å²) >= 11 is 5.96. The monoisotopic (exact) mass is 316 g/mol. The van der Waals surface area contributed by atoms with E-state index in [-0.39, 0.29) is 11.8 Å². The molecular weight excluding hydrogens is 300 g/mol. The van der Waals surface area contributed by atoms with E-state index in [2.05, 4.69) is 5.32 Å². The topological polar surface area (TPSA) is 72.2 Å². The van der Waals surface area contributed by atoms with E-state index in [1.165, 1.54) is 0 Å². The third-order valence-electron chi connectivity index (χ3n) is 3.36. The van der Waals surface area contributed by atoms with Crippen LogP contribution in [0.15, 0.2) is 48.5 Å². The molecule has 0 fully saturated rings. The molecule has 0 aliphatic carbocycles. The maximum absolute atomic E-state index is 12.1. The van der Waals surface area contributed by atoms with Gasteiger partial charge in [0, 0.05) is 22.7 Å². The van der Waals surface area contributed by atoms with Gasteiger partial charge < -0.3 is 11.1 Å². The molecule has 5 heteroatoms. The molecule has 1 unspecified atom stereocenters. The molecule has 2 aromatic carbocycles. The Labute approximate surface area is 134 Å². The van der Waals surface area contributed by atoms with Crippen LogP contribution in [0.2, 0.25) is 5.02 Å². The van der Waals surface area contributed by atoms with Crippen LogP contribution in [0.4, 0.5) is 5.69 Å². The van der Waals surface area contributed by atoms with Crippen LogP contribution in [0.1, 0.15) is 35.2 Å². The highest BCUT2D eigenvalue weighted by Crippen LogP contribution is 2.22. The Morgan fingerprint density at radius 3 is 2.45 bits per heavy atom. The number of amides is 2. The molecule has 3 N–H and O–H groups in total. The number of carbonyl (C=O) groups is 2. The molecule has 0 aliphatic rings. The van der Waals surface area contributed by atoms with Crippen molar-refractivity contribution < 1.29 is 9.59 Å². The maximum Gasteiger partial charge on any atom is 0.248 e. The van der Waals surface area contributed by atoms with E-state index in [0.29, 0.717) is 22.7 Å². The van der Waals surface area contributed by atoms with Gasteiger partial charge in [0.05, 0.1) is 0 Å². The number of anilines is 1. The molecule has 1 atom stereocenters. The van der Waals surface area contributed by atoms with Crippen molar-refractivity contribution in [2.24, 2.45) is 5.73 Å². The lowest BCUT2D eigenvalue weighted by atomic mass is 9.97. The Hall–Kier alpha value is -2.33. The first-order valence-corrected chi connectivity index (χ1v) is 7.28. The van der Waals surface area contributed by atoms with Crippen LogP contribution >= 0.6 is 11.6 Å². The summed E-state index contributed by atoms with van der Waals surface area (Å²) in [5.41, 5.74) is 7.23. The second-order valence-corrected chi connectivity index (χ2v) is 5.59. The predicted molar refractivity (Wildman–Crippen MR) is 88.1 cm³/mol. The molecule has 0 heterocycles. The summed E-state index contributed by atoms with van der Waals surface area (Å²) < 4.78 is 0. The third-order valence-corrected chi connectivity index (χ3v) is 3.60. The van der Waals surface area contributed by atoms with Crippen LogP contribution in [0.3, 0.4) is 0 Å². The Morgan fingerprint density at radius 1 is 1.18 bits per heavy atom. The molecule has 2 aromatic rings. The molecule has 2 amide bonds. The molecule has 0 spiro atoms. The fourth-order valence-corrected chi connectivity index (χ4v) is 2.34. The second kappa shape index (κ2) is 7.09. The van der Waals surface area contributed by atoms with Crippen LogP contribution in [0, 0.1) is 0 Å². The minimum Gasteiger partial charge on any atom is -0.366 e. The van der Waals surface area contributed by atoms with Crippen LogP contribution in [-0.2, 0) is 4.79 Å². The molecular formula is C17H17ClN2O2. The zero-order valence-electron chi connectivity index (χ0n) is 12.2. The van der Waals surface area contributed by atoms with E-state index in [9.17, 15) is 9.59 Å². The standard InChI is InChI=1S/C17H17ClN2O2/c1-11(13-3-2-4-14(18)10-13)9-16(21)20-15-7-5-12(6-8-15)17(19)22/h2-8,10-11H,9H2,1H3,(H2,19,22)(H,20,21). The number of primary amides is 1. The van der Waals surface area contributed by atoms with Crippen LogP contribution in [0.25, 0.3) is 0 Å². The van der Waals surface area contributed by atoms with Crippen molar-refractivity contribution in [2.75, 3.05) is 5.32 Å². The highest BCUT2D eigenvalue weighted by atomic mass is 35.5. The van der Waals surface area contributed by atoms with Gasteiger partial charge in [0.25, 0.3) is 0 Å². The number of benzene rings is 2. The van der Waals surface area contributed by atoms with Crippen molar-refractivity contribution in [3.05, 3.63) is 64.7 Å². The first kappa shape index (κ1) is 16.0. The SMILES string of the molecule is CC(CC(=O)Nc1ccc(C(N)=O)cc1)c1cccc(Cl)c1. The van der Waals surface area contributed by atoms with E-state index in [4.69, 9.17) is 17.3 Å². The lowest BCUT2D eigenvalue weighted by Gasteiger charge is -2.12. The predicted octanol–water partition coefficient (Wildman–Crippen LogP) is 3.57. The molecule has 2 rings (SSSR count). The first-order valence-electron chi connectivity index (χ1n) is 6.91. The van der Waals surface area contributed by atoms with Crippen molar-refractivity contribution in [2.45, 2.75) is 19.3 Å². The number of hydrogen-bond acceptors (Lipinski definition) is 2. The minimum atomic E-state index is -0.493.